The van der Waals surface area contributed by atoms with E-state index in [9.17, 15) is 4.79 Å². The maximum atomic E-state index is 11.7. The molecule has 0 radical (unpaired) electrons. The molecule has 1 unspecified atom stereocenters. The van der Waals surface area contributed by atoms with Crippen LogP contribution in [-0.2, 0) is 0 Å². The molecule has 0 saturated carbocycles. The number of carbonyl (C=O) groups excluding carboxylic acids is 1. The molecule has 86 valence electrons. The molecular formula is C10H20N4O. The van der Waals surface area contributed by atoms with Crippen molar-refractivity contribution in [2.24, 2.45) is 5.73 Å². The average Bonchev–Trinajstić information content (AvgIpc) is 2.25. The van der Waals surface area contributed by atoms with Crippen molar-refractivity contribution in [2.75, 3.05) is 13.1 Å². The maximum Gasteiger partial charge on any atom is 0.318 e. The molecule has 1 fully saturated rings. The van der Waals surface area contributed by atoms with Gasteiger partial charge in [-0.2, -0.15) is 0 Å². The van der Waals surface area contributed by atoms with Crippen LogP contribution in [-0.4, -0.2) is 35.9 Å². The van der Waals surface area contributed by atoms with E-state index in [2.05, 4.69) is 5.32 Å². The van der Waals surface area contributed by atoms with Gasteiger partial charge in [0.1, 0.15) is 5.84 Å². The molecule has 0 bridgehead atoms. The van der Waals surface area contributed by atoms with E-state index in [1.54, 1.807) is 4.90 Å². The summed E-state index contributed by atoms with van der Waals surface area (Å²) in [5.74, 6) is 0.0985. The van der Waals surface area contributed by atoms with Crippen LogP contribution in [0.2, 0.25) is 0 Å². The lowest BCUT2D eigenvalue weighted by molar-refractivity contribution is 0.172. The predicted octanol–water partition coefficient (Wildman–Crippen LogP) is 0.896. The second kappa shape index (κ2) is 5.58. The second-order valence-corrected chi connectivity index (χ2v) is 3.89. The third kappa shape index (κ3) is 3.11. The highest BCUT2D eigenvalue weighted by molar-refractivity contribution is 5.87. The summed E-state index contributed by atoms with van der Waals surface area (Å²) in [6, 6.07) is -0.285. The first-order valence-electron chi connectivity index (χ1n) is 5.55. The number of likely N-dealkylation sites (tertiary alicyclic amines) is 1. The van der Waals surface area contributed by atoms with E-state index in [1.165, 1.54) is 0 Å². The SMILES string of the molecule is CCCNC(=O)N1CCCCC1C(=N)N. The molecule has 1 heterocycles. The number of nitrogens with zero attached hydrogens (tertiary/aromatic N) is 1. The summed E-state index contributed by atoms with van der Waals surface area (Å²) in [7, 11) is 0. The van der Waals surface area contributed by atoms with E-state index in [0.717, 1.165) is 25.7 Å². The van der Waals surface area contributed by atoms with Crippen molar-refractivity contribution in [2.45, 2.75) is 38.6 Å². The Morgan fingerprint density at radius 1 is 1.60 bits per heavy atom. The highest BCUT2D eigenvalue weighted by Gasteiger charge is 2.28. The Kier molecular flexibility index (Phi) is 4.39. The predicted molar refractivity (Wildman–Crippen MR) is 59.9 cm³/mol. The quantitative estimate of drug-likeness (QED) is 0.480. The smallest absolute Gasteiger partial charge is 0.318 e. The molecule has 15 heavy (non-hydrogen) atoms. The number of hydrogen-bond donors (Lipinski definition) is 3. The van der Waals surface area contributed by atoms with Crippen molar-refractivity contribution < 1.29 is 4.79 Å². The van der Waals surface area contributed by atoms with Crippen molar-refractivity contribution in [3.05, 3.63) is 0 Å². The third-order valence-electron chi connectivity index (χ3n) is 2.65. The third-order valence-corrected chi connectivity index (χ3v) is 2.65. The van der Waals surface area contributed by atoms with Crippen LogP contribution in [0, 0.1) is 5.41 Å². The van der Waals surface area contributed by atoms with E-state index in [4.69, 9.17) is 11.1 Å². The molecule has 0 aromatic carbocycles. The number of amides is 2. The Hall–Kier alpha value is -1.26. The van der Waals surface area contributed by atoms with E-state index in [1.807, 2.05) is 6.92 Å². The molecule has 0 aromatic heterocycles. The summed E-state index contributed by atoms with van der Waals surface area (Å²) in [6.45, 7) is 3.40. The van der Waals surface area contributed by atoms with Gasteiger partial charge in [-0.25, -0.2) is 4.79 Å². The lowest BCUT2D eigenvalue weighted by atomic mass is 10.0. The number of piperidine rings is 1. The van der Waals surface area contributed by atoms with Crippen LogP contribution < -0.4 is 11.1 Å². The summed E-state index contributed by atoms with van der Waals surface area (Å²) < 4.78 is 0. The molecule has 2 amide bonds. The van der Waals surface area contributed by atoms with Crippen LogP contribution in [0.5, 0.6) is 0 Å². The number of nitrogens with two attached hydrogens (primary N) is 1. The zero-order valence-electron chi connectivity index (χ0n) is 9.25. The monoisotopic (exact) mass is 212 g/mol. The van der Waals surface area contributed by atoms with Gasteiger partial charge in [0.25, 0.3) is 0 Å². The molecule has 4 N–H and O–H groups in total. The van der Waals surface area contributed by atoms with Gasteiger partial charge in [0.05, 0.1) is 6.04 Å². The first-order chi connectivity index (χ1) is 7.16. The lowest BCUT2D eigenvalue weighted by Crippen LogP contribution is -2.53. The molecule has 0 spiro atoms. The Bertz CT molecular complexity index is 242. The summed E-state index contributed by atoms with van der Waals surface area (Å²) in [6.07, 6.45) is 3.78. The standard InChI is InChI=1S/C10H20N4O/c1-2-6-13-10(15)14-7-4-3-5-8(14)9(11)12/h8H,2-7H2,1H3,(H3,11,12)(H,13,15). The van der Waals surface area contributed by atoms with Crippen LogP contribution in [0.1, 0.15) is 32.6 Å². The molecule has 1 saturated heterocycles. The van der Waals surface area contributed by atoms with Crippen LogP contribution in [0.15, 0.2) is 0 Å². The molecule has 1 rings (SSSR count). The fourth-order valence-corrected chi connectivity index (χ4v) is 1.83. The van der Waals surface area contributed by atoms with Crippen molar-refractivity contribution in [3.63, 3.8) is 0 Å². The largest absolute Gasteiger partial charge is 0.386 e. The molecule has 1 aliphatic heterocycles. The summed E-state index contributed by atoms with van der Waals surface area (Å²) in [4.78, 5) is 13.4. The summed E-state index contributed by atoms with van der Waals surface area (Å²) in [5, 5.41) is 10.3. The van der Waals surface area contributed by atoms with Crippen molar-refractivity contribution in [3.8, 4) is 0 Å². The van der Waals surface area contributed by atoms with Crippen molar-refractivity contribution >= 4 is 11.9 Å². The minimum Gasteiger partial charge on any atom is -0.386 e. The Morgan fingerprint density at radius 2 is 2.33 bits per heavy atom. The van der Waals surface area contributed by atoms with Gasteiger partial charge >= 0.3 is 6.03 Å². The normalized spacial score (nSPS) is 21.1. The Morgan fingerprint density at radius 3 is 2.93 bits per heavy atom. The average molecular weight is 212 g/mol. The van der Waals surface area contributed by atoms with Gasteiger partial charge in [-0.05, 0) is 25.7 Å². The van der Waals surface area contributed by atoms with Crippen LogP contribution in [0.3, 0.4) is 0 Å². The van der Waals surface area contributed by atoms with Gasteiger partial charge in [0.15, 0.2) is 0 Å². The van der Waals surface area contributed by atoms with Gasteiger partial charge in [-0.1, -0.05) is 6.92 Å². The van der Waals surface area contributed by atoms with Gasteiger partial charge in [0.2, 0.25) is 0 Å². The molecule has 0 aromatic rings. The Balaban J connectivity index is 2.55. The van der Waals surface area contributed by atoms with Crippen molar-refractivity contribution in [1.82, 2.24) is 10.2 Å². The highest BCUT2D eigenvalue weighted by atomic mass is 16.2. The fourth-order valence-electron chi connectivity index (χ4n) is 1.83. The van der Waals surface area contributed by atoms with Gasteiger partial charge in [-0.15, -0.1) is 0 Å². The van der Waals surface area contributed by atoms with Crippen LogP contribution in [0.25, 0.3) is 0 Å². The van der Waals surface area contributed by atoms with E-state index in [-0.39, 0.29) is 17.9 Å². The highest BCUT2D eigenvalue weighted by Crippen LogP contribution is 2.16. The van der Waals surface area contributed by atoms with E-state index >= 15 is 0 Å². The molecule has 1 aliphatic rings. The number of nitrogens with one attached hydrogen (secondary N) is 2. The first-order valence-corrected chi connectivity index (χ1v) is 5.55. The zero-order chi connectivity index (χ0) is 11.3. The molecule has 5 heteroatoms. The van der Waals surface area contributed by atoms with Crippen LogP contribution in [0.4, 0.5) is 4.79 Å². The number of amidine groups is 1. The Labute approximate surface area is 90.5 Å². The molecule has 1 atom stereocenters. The number of carbonyl (C=O) groups is 1. The minimum atomic E-state index is -0.199. The first kappa shape index (κ1) is 11.8. The number of hydrogen-bond acceptors (Lipinski definition) is 2. The fraction of sp³-hybridized carbons (Fsp3) is 0.800. The summed E-state index contributed by atoms with van der Waals surface area (Å²) >= 11 is 0. The van der Waals surface area contributed by atoms with E-state index < -0.39 is 0 Å². The topological polar surface area (TPSA) is 82.2 Å². The van der Waals surface area contributed by atoms with E-state index in [0.29, 0.717) is 13.1 Å². The maximum absolute atomic E-state index is 11.7. The molecule has 5 nitrogen and oxygen atoms in total. The zero-order valence-corrected chi connectivity index (χ0v) is 9.25. The van der Waals surface area contributed by atoms with Gasteiger partial charge in [-0.3, -0.25) is 5.41 Å². The lowest BCUT2D eigenvalue weighted by Gasteiger charge is -2.34. The minimum absolute atomic E-state index is 0.0863. The number of rotatable bonds is 3. The molecule has 0 aliphatic carbocycles. The van der Waals surface area contributed by atoms with Gasteiger partial charge in [0, 0.05) is 13.1 Å². The number of urea groups is 1. The molecular weight excluding hydrogens is 192 g/mol. The van der Waals surface area contributed by atoms with Crippen molar-refractivity contribution in [1.29, 1.82) is 5.41 Å². The second-order valence-electron chi connectivity index (χ2n) is 3.89. The van der Waals surface area contributed by atoms with Gasteiger partial charge < -0.3 is 16.0 Å². The summed E-state index contributed by atoms with van der Waals surface area (Å²) in [5.41, 5.74) is 5.49. The van der Waals surface area contributed by atoms with Crippen LogP contribution >= 0.6 is 0 Å².